The van der Waals surface area contributed by atoms with Crippen LogP contribution in [0, 0.1) is 5.92 Å². The maximum atomic E-state index is 12.2. The largest absolute Gasteiger partial charge is 0.356 e. The van der Waals surface area contributed by atoms with Crippen molar-refractivity contribution in [3.05, 3.63) is 22.4 Å². The molecule has 3 rings (SSSR count). The number of aliphatic imine (C=N–C) groups is 1. The highest BCUT2D eigenvalue weighted by Gasteiger charge is 2.41. The number of rotatable bonds is 4. The van der Waals surface area contributed by atoms with Crippen LogP contribution in [0.2, 0.25) is 0 Å². The van der Waals surface area contributed by atoms with Gasteiger partial charge in [-0.3, -0.25) is 9.89 Å². The molecule has 2 aliphatic rings. The number of hydrogen-bond donors (Lipinski definition) is 1. The first-order valence-corrected chi connectivity index (χ1v) is 12.3. The van der Waals surface area contributed by atoms with Crippen LogP contribution in [-0.2, 0) is 16.4 Å². The maximum absolute atomic E-state index is 12.2. The quantitative estimate of drug-likeness (QED) is 0.362. The van der Waals surface area contributed by atoms with Gasteiger partial charge in [-0.1, -0.05) is 6.07 Å². The average molecular weight is 541 g/mol. The van der Waals surface area contributed by atoms with E-state index in [1.807, 2.05) is 25.2 Å². The van der Waals surface area contributed by atoms with E-state index in [1.54, 1.807) is 7.05 Å². The van der Waals surface area contributed by atoms with Gasteiger partial charge in [0.05, 0.1) is 10.5 Å². The van der Waals surface area contributed by atoms with E-state index in [9.17, 15) is 8.42 Å². The third-order valence-electron chi connectivity index (χ3n) is 5.67. The number of piperidine rings is 1. The van der Waals surface area contributed by atoms with E-state index in [1.165, 1.54) is 24.3 Å². The van der Waals surface area contributed by atoms with Crippen LogP contribution in [0.1, 0.15) is 31.6 Å². The maximum Gasteiger partial charge on any atom is 0.193 e. The first-order valence-electron chi connectivity index (χ1n) is 9.73. The van der Waals surface area contributed by atoms with Crippen molar-refractivity contribution in [2.24, 2.45) is 10.9 Å². The zero-order chi connectivity index (χ0) is 19.5. The number of thiophene rings is 1. The fraction of sp³-hybridized carbons (Fsp3) is 0.737. The fourth-order valence-electron chi connectivity index (χ4n) is 3.98. The smallest absolute Gasteiger partial charge is 0.193 e. The summed E-state index contributed by atoms with van der Waals surface area (Å²) < 4.78 is 23.7. The Morgan fingerprint density at radius 3 is 2.82 bits per heavy atom. The van der Waals surface area contributed by atoms with Crippen LogP contribution < -0.4 is 5.32 Å². The van der Waals surface area contributed by atoms with E-state index in [-0.39, 0.29) is 29.7 Å². The summed E-state index contributed by atoms with van der Waals surface area (Å²) in [5.41, 5.74) is 0. The molecule has 6 nitrogen and oxygen atoms in total. The number of halogens is 1. The molecule has 2 fully saturated rings. The molecule has 1 N–H and O–H groups in total. The summed E-state index contributed by atoms with van der Waals surface area (Å²) in [5.74, 6) is 1.61. The Bertz CT molecular complexity index is 750. The lowest BCUT2D eigenvalue weighted by Crippen LogP contribution is -2.57. The van der Waals surface area contributed by atoms with Crippen molar-refractivity contribution in [2.75, 3.05) is 45.5 Å². The van der Waals surface area contributed by atoms with E-state index in [2.05, 4.69) is 37.6 Å². The van der Waals surface area contributed by atoms with E-state index >= 15 is 0 Å². The number of hydrogen-bond acceptors (Lipinski definition) is 5. The van der Waals surface area contributed by atoms with Crippen molar-refractivity contribution in [3.8, 4) is 0 Å². The highest BCUT2D eigenvalue weighted by Crippen LogP contribution is 2.24. The van der Waals surface area contributed by atoms with Crippen molar-refractivity contribution >= 4 is 51.1 Å². The van der Waals surface area contributed by atoms with Crippen LogP contribution in [0.3, 0.4) is 0 Å². The number of likely N-dealkylation sites (tertiary alicyclic amines) is 1. The Balaban J connectivity index is 0.00000280. The SMILES string of the molecule is CN=C(NCC1CCCN(Cc2cccs2)C1)N1CCS(=O)(=O)C(C)(C)C1.I. The molecule has 2 saturated heterocycles. The molecule has 1 aromatic heterocycles. The number of guanidine groups is 1. The zero-order valence-corrected chi connectivity index (χ0v) is 21.0. The van der Waals surface area contributed by atoms with Crippen molar-refractivity contribution in [2.45, 2.75) is 38.0 Å². The van der Waals surface area contributed by atoms with Crippen molar-refractivity contribution in [1.82, 2.24) is 15.1 Å². The van der Waals surface area contributed by atoms with E-state index in [0.717, 1.165) is 25.6 Å². The predicted molar refractivity (Wildman–Crippen MR) is 129 cm³/mol. The summed E-state index contributed by atoms with van der Waals surface area (Å²) in [6.07, 6.45) is 2.45. The fourth-order valence-corrected chi connectivity index (χ4v) is 6.09. The highest BCUT2D eigenvalue weighted by molar-refractivity contribution is 14.0. The van der Waals surface area contributed by atoms with E-state index in [0.29, 0.717) is 19.0 Å². The van der Waals surface area contributed by atoms with E-state index in [4.69, 9.17) is 0 Å². The van der Waals surface area contributed by atoms with Gasteiger partial charge < -0.3 is 10.2 Å². The molecule has 0 radical (unpaired) electrons. The summed E-state index contributed by atoms with van der Waals surface area (Å²) in [7, 11) is -1.25. The topological polar surface area (TPSA) is 65.0 Å². The van der Waals surface area contributed by atoms with Gasteiger partial charge in [0.1, 0.15) is 0 Å². The molecule has 0 aromatic carbocycles. The van der Waals surface area contributed by atoms with Gasteiger partial charge in [-0.25, -0.2) is 8.42 Å². The van der Waals surface area contributed by atoms with E-state index < -0.39 is 14.6 Å². The van der Waals surface area contributed by atoms with Crippen LogP contribution in [0.5, 0.6) is 0 Å². The molecule has 28 heavy (non-hydrogen) atoms. The molecule has 160 valence electrons. The lowest BCUT2D eigenvalue weighted by atomic mass is 9.98. The van der Waals surface area contributed by atoms with Gasteiger partial charge in [-0.05, 0) is 50.6 Å². The normalized spacial score (nSPS) is 25.2. The van der Waals surface area contributed by atoms with Gasteiger partial charge in [0, 0.05) is 44.6 Å². The summed E-state index contributed by atoms with van der Waals surface area (Å²) in [6, 6.07) is 4.33. The zero-order valence-electron chi connectivity index (χ0n) is 17.1. The Labute approximate surface area is 190 Å². The molecule has 1 aromatic rings. The van der Waals surface area contributed by atoms with Gasteiger partial charge in [0.15, 0.2) is 15.8 Å². The molecular weight excluding hydrogens is 507 g/mol. The number of nitrogens with one attached hydrogen (secondary N) is 1. The lowest BCUT2D eigenvalue weighted by Gasteiger charge is -2.40. The monoisotopic (exact) mass is 540 g/mol. The second-order valence-electron chi connectivity index (χ2n) is 8.25. The number of sulfone groups is 1. The Kier molecular flexibility index (Phi) is 8.60. The van der Waals surface area contributed by atoms with Crippen molar-refractivity contribution in [1.29, 1.82) is 0 Å². The first-order chi connectivity index (χ1) is 12.8. The Morgan fingerprint density at radius 1 is 1.39 bits per heavy atom. The minimum absolute atomic E-state index is 0. The first kappa shape index (κ1) is 23.9. The van der Waals surface area contributed by atoms with Gasteiger partial charge in [-0.2, -0.15) is 0 Å². The van der Waals surface area contributed by atoms with Gasteiger partial charge >= 0.3 is 0 Å². The second-order valence-corrected chi connectivity index (χ2v) is 12.0. The second kappa shape index (κ2) is 10.1. The van der Waals surface area contributed by atoms with Crippen LogP contribution in [0.4, 0.5) is 0 Å². The molecule has 0 saturated carbocycles. The van der Waals surface area contributed by atoms with Gasteiger partial charge in [0.25, 0.3) is 0 Å². The minimum Gasteiger partial charge on any atom is -0.356 e. The van der Waals surface area contributed by atoms with Gasteiger partial charge in [-0.15, -0.1) is 35.3 Å². The Morgan fingerprint density at radius 2 is 2.18 bits per heavy atom. The summed E-state index contributed by atoms with van der Waals surface area (Å²) in [5, 5.41) is 5.65. The predicted octanol–water partition coefficient (Wildman–Crippen LogP) is 2.66. The lowest BCUT2D eigenvalue weighted by molar-refractivity contribution is 0.169. The van der Waals surface area contributed by atoms with Crippen LogP contribution >= 0.6 is 35.3 Å². The van der Waals surface area contributed by atoms with Gasteiger partial charge in [0.2, 0.25) is 0 Å². The average Bonchev–Trinajstić information content (AvgIpc) is 3.12. The summed E-state index contributed by atoms with van der Waals surface area (Å²) in [6.45, 7) is 8.82. The van der Waals surface area contributed by atoms with Crippen molar-refractivity contribution < 1.29 is 8.42 Å². The molecule has 1 atom stereocenters. The Hall–Kier alpha value is -0.390. The van der Waals surface area contributed by atoms with Crippen LogP contribution in [0.15, 0.2) is 22.5 Å². The molecule has 1 unspecified atom stereocenters. The molecule has 3 heterocycles. The minimum atomic E-state index is -3.03. The number of nitrogens with zero attached hydrogens (tertiary/aromatic N) is 3. The molecular formula is C19H33IN4O2S2. The van der Waals surface area contributed by atoms with Crippen LogP contribution in [0.25, 0.3) is 0 Å². The molecule has 0 amide bonds. The third-order valence-corrected chi connectivity index (χ3v) is 9.06. The molecule has 0 spiro atoms. The molecule has 0 bridgehead atoms. The highest BCUT2D eigenvalue weighted by atomic mass is 127. The third kappa shape index (κ3) is 5.82. The molecule has 0 aliphatic carbocycles. The van der Waals surface area contributed by atoms with Crippen LogP contribution in [-0.4, -0.2) is 74.4 Å². The summed E-state index contributed by atoms with van der Waals surface area (Å²) in [4.78, 5) is 10.5. The molecule has 9 heteroatoms. The molecule has 2 aliphatic heterocycles. The van der Waals surface area contributed by atoms with Crippen molar-refractivity contribution in [3.63, 3.8) is 0 Å². The standard InChI is InChI=1S/C19H32N4O2S2.HI/c1-19(2)15-23(9-11-27(19,24)25)18(20-3)21-12-16-6-4-8-22(13-16)14-17-7-5-10-26-17;/h5,7,10,16H,4,6,8-9,11-15H2,1-3H3,(H,20,21);1H. The summed E-state index contributed by atoms with van der Waals surface area (Å²) >= 11 is 1.83.